The Bertz CT molecular complexity index is 776. The standard InChI is InChI=1S/C14H16NO4PS2/c1-2-21-20(16,13-6-4-3-5-7-13)19-12-8-10-14(11-9-12)22(15,17)18/h3-11H,2H2,1H3,(H2,15,17,18). The lowest BCUT2D eigenvalue weighted by Crippen LogP contribution is -2.12. The van der Waals surface area contributed by atoms with Crippen molar-refractivity contribution in [3.63, 3.8) is 0 Å². The highest BCUT2D eigenvalue weighted by molar-refractivity contribution is 8.58. The lowest BCUT2D eigenvalue weighted by atomic mass is 10.3. The topological polar surface area (TPSA) is 86.5 Å². The van der Waals surface area contributed by atoms with Crippen molar-refractivity contribution in [3.8, 4) is 5.75 Å². The molecule has 0 bridgehead atoms. The number of benzene rings is 2. The van der Waals surface area contributed by atoms with Gasteiger partial charge in [0.2, 0.25) is 10.0 Å². The highest BCUT2D eigenvalue weighted by atomic mass is 32.7. The van der Waals surface area contributed by atoms with Crippen molar-refractivity contribution >= 4 is 33.3 Å². The Morgan fingerprint density at radius 1 is 1.09 bits per heavy atom. The van der Waals surface area contributed by atoms with Crippen LogP contribution in [0.25, 0.3) is 0 Å². The molecule has 0 aliphatic carbocycles. The van der Waals surface area contributed by atoms with Gasteiger partial charge in [-0.3, -0.25) is 4.57 Å². The normalized spacial score (nSPS) is 14.3. The molecule has 2 rings (SSSR count). The van der Waals surface area contributed by atoms with E-state index in [0.717, 1.165) is 0 Å². The third-order valence-electron chi connectivity index (χ3n) is 2.75. The molecule has 0 saturated carbocycles. The van der Waals surface area contributed by atoms with Crippen LogP contribution in [0.2, 0.25) is 0 Å². The van der Waals surface area contributed by atoms with Gasteiger partial charge >= 0.3 is 6.57 Å². The van der Waals surface area contributed by atoms with Crippen LogP contribution in [-0.2, 0) is 14.6 Å². The number of hydrogen-bond donors (Lipinski definition) is 1. The van der Waals surface area contributed by atoms with Gasteiger partial charge in [-0.2, -0.15) is 0 Å². The third-order valence-corrected chi connectivity index (χ3v) is 8.31. The van der Waals surface area contributed by atoms with Crippen molar-refractivity contribution in [3.05, 3.63) is 54.6 Å². The molecule has 0 saturated heterocycles. The van der Waals surface area contributed by atoms with Crippen molar-refractivity contribution in [1.29, 1.82) is 0 Å². The van der Waals surface area contributed by atoms with Crippen molar-refractivity contribution in [2.45, 2.75) is 11.8 Å². The molecule has 0 fully saturated rings. The van der Waals surface area contributed by atoms with Crippen molar-refractivity contribution < 1.29 is 17.5 Å². The largest absolute Gasteiger partial charge is 0.433 e. The van der Waals surface area contributed by atoms with Gasteiger partial charge < -0.3 is 4.52 Å². The zero-order chi connectivity index (χ0) is 16.2. The Morgan fingerprint density at radius 3 is 2.18 bits per heavy atom. The molecule has 5 nitrogen and oxygen atoms in total. The Balaban J connectivity index is 2.31. The van der Waals surface area contributed by atoms with E-state index in [4.69, 9.17) is 9.66 Å². The quantitative estimate of drug-likeness (QED) is 0.803. The van der Waals surface area contributed by atoms with E-state index in [1.807, 2.05) is 13.0 Å². The van der Waals surface area contributed by atoms with Gasteiger partial charge in [-0.15, -0.1) is 0 Å². The average Bonchev–Trinajstić information content (AvgIpc) is 2.48. The second-order valence-electron chi connectivity index (χ2n) is 4.36. The molecule has 1 atom stereocenters. The monoisotopic (exact) mass is 357 g/mol. The number of sulfonamides is 1. The molecule has 0 aromatic heterocycles. The summed E-state index contributed by atoms with van der Waals surface area (Å²) in [7, 11) is -3.76. The predicted octanol–water partition coefficient (Wildman–Crippen LogP) is 2.98. The van der Waals surface area contributed by atoms with Crippen LogP contribution < -0.4 is 15.0 Å². The first kappa shape index (κ1) is 17.1. The maximum atomic E-state index is 13.1. The molecule has 0 spiro atoms. The van der Waals surface area contributed by atoms with Crippen LogP contribution in [0.5, 0.6) is 5.75 Å². The molecular formula is C14H16NO4PS2. The maximum Gasteiger partial charge on any atom is 0.333 e. The van der Waals surface area contributed by atoms with Gasteiger partial charge in [0.1, 0.15) is 5.75 Å². The van der Waals surface area contributed by atoms with Crippen LogP contribution in [0.4, 0.5) is 0 Å². The summed E-state index contributed by atoms with van der Waals surface area (Å²) in [4.78, 5) is -0.0162. The van der Waals surface area contributed by atoms with Crippen LogP contribution in [0, 0.1) is 0 Å². The first-order valence-corrected chi connectivity index (χ1v) is 11.2. The molecule has 0 amide bonds. The molecule has 0 aliphatic heterocycles. The number of nitrogens with two attached hydrogens (primary N) is 1. The molecule has 0 radical (unpaired) electrons. The van der Waals surface area contributed by atoms with Crippen molar-refractivity contribution in [1.82, 2.24) is 0 Å². The number of hydrogen-bond acceptors (Lipinski definition) is 5. The highest BCUT2D eigenvalue weighted by Gasteiger charge is 2.27. The van der Waals surface area contributed by atoms with Crippen LogP contribution in [-0.4, -0.2) is 14.2 Å². The van der Waals surface area contributed by atoms with Crippen LogP contribution in [0.15, 0.2) is 59.5 Å². The fraction of sp³-hybridized carbons (Fsp3) is 0.143. The summed E-state index contributed by atoms with van der Waals surface area (Å²) >= 11 is 1.23. The molecule has 22 heavy (non-hydrogen) atoms. The summed E-state index contributed by atoms with van der Waals surface area (Å²) in [5.74, 6) is 0.960. The predicted molar refractivity (Wildman–Crippen MR) is 90.3 cm³/mol. The Kier molecular flexibility index (Phi) is 5.34. The minimum absolute atomic E-state index is 0.0162. The molecule has 2 N–H and O–H groups in total. The van der Waals surface area contributed by atoms with Crippen LogP contribution in [0.1, 0.15) is 6.92 Å². The minimum Gasteiger partial charge on any atom is -0.433 e. The highest BCUT2D eigenvalue weighted by Crippen LogP contribution is 2.57. The van der Waals surface area contributed by atoms with E-state index in [2.05, 4.69) is 0 Å². The fourth-order valence-corrected chi connectivity index (χ4v) is 6.11. The van der Waals surface area contributed by atoms with Crippen LogP contribution in [0.3, 0.4) is 0 Å². The van der Waals surface area contributed by atoms with Crippen molar-refractivity contribution in [2.75, 3.05) is 5.75 Å². The molecule has 1 unspecified atom stereocenters. The van der Waals surface area contributed by atoms with Gasteiger partial charge in [0.15, 0.2) is 0 Å². The second-order valence-corrected chi connectivity index (χ2v) is 10.7. The molecule has 0 aliphatic rings. The van der Waals surface area contributed by atoms with E-state index < -0.39 is 16.6 Å². The summed E-state index contributed by atoms with van der Waals surface area (Å²) in [5, 5.41) is 5.65. The molecule has 0 heterocycles. The molecule has 2 aromatic rings. The van der Waals surface area contributed by atoms with E-state index in [0.29, 0.717) is 16.8 Å². The van der Waals surface area contributed by atoms with Crippen LogP contribution >= 0.6 is 18.0 Å². The van der Waals surface area contributed by atoms with Gasteiger partial charge in [0.25, 0.3) is 0 Å². The summed E-state index contributed by atoms with van der Waals surface area (Å²) in [6, 6.07) is 14.5. The van der Waals surface area contributed by atoms with Gasteiger partial charge in [-0.25, -0.2) is 13.6 Å². The fourth-order valence-electron chi connectivity index (χ4n) is 1.76. The smallest absolute Gasteiger partial charge is 0.333 e. The first-order valence-electron chi connectivity index (χ1n) is 6.48. The lowest BCUT2D eigenvalue weighted by Gasteiger charge is -2.18. The summed E-state index contributed by atoms with van der Waals surface area (Å²) in [6.07, 6.45) is 0. The maximum absolute atomic E-state index is 13.1. The van der Waals surface area contributed by atoms with Gasteiger partial charge in [-0.1, -0.05) is 36.5 Å². The minimum atomic E-state index is -3.76. The second kappa shape index (κ2) is 6.87. The first-order chi connectivity index (χ1) is 10.3. The third kappa shape index (κ3) is 4.14. The summed E-state index contributed by atoms with van der Waals surface area (Å²) in [6.45, 7) is -1.22. The van der Waals surface area contributed by atoms with E-state index in [9.17, 15) is 13.0 Å². The lowest BCUT2D eigenvalue weighted by molar-refractivity contribution is 0.509. The average molecular weight is 357 g/mol. The zero-order valence-electron chi connectivity index (χ0n) is 11.9. The molecule has 8 heteroatoms. The molecule has 2 aromatic carbocycles. The summed E-state index contributed by atoms with van der Waals surface area (Å²) in [5.41, 5.74) is 0. The molecule has 118 valence electrons. The molecular weight excluding hydrogens is 341 g/mol. The van der Waals surface area contributed by atoms with Crippen molar-refractivity contribution in [2.24, 2.45) is 5.14 Å². The number of primary sulfonamides is 1. The summed E-state index contributed by atoms with van der Waals surface area (Å²) < 4.78 is 41.2. The van der Waals surface area contributed by atoms with E-state index >= 15 is 0 Å². The van der Waals surface area contributed by atoms with E-state index in [1.54, 1.807) is 24.3 Å². The Labute approximate surface area is 134 Å². The van der Waals surface area contributed by atoms with Gasteiger partial charge in [0.05, 0.1) is 10.2 Å². The van der Waals surface area contributed by atoms with Gasteiger partial charge in [-0.05, 0) is 36.4 Å². The SMILES string of the molecule is CCSP(=O)(Oc1ccc(S(N)(=O)=O)cc1)c1ccccc1. The van der Waals surface area contributed by atoms with E-state index in [-0.39, 0.29) is 4.90 Å². The number of rotatable bonds is 6. The Hall–Kier alpha value is -1.27. The van der Waals surface area contributed by atoms with E-state index in [1.165, 1.54) is 35.6 Å². The zero-order valence-corrected chi connectivity index (χ0v) is 14.4. The Morgan fingerprint density at radius 2 is 1.68 bits per heavy atom. The van der Waals surface area contributed by atoms with Gasteiger partial charge in [0, 0.05) is 5.75 Å².